The summed E-state index contributed by atoms with van der Waals surface area (Å²) in [4.78, 5) is 12.0. The number of hydrogen-bond acceptors (Lipinski definition) is 3. The number of carbonyl (C=O) groups excluding carboxylic acids is 1. The van der Waals surface area contributed by atoms with Gasteiger partial charge in [-0.25, -0.2) is 0 Å². The van der Waals surface area contributed by atoms with Crippen LogP contribution in [0.4, 0.5) is 0 Å². The Kier molecular flexibility index (Phi) is 3.48. The fourth-order valence-corrected chi connectivity index (χ4v) is 2.73. The standard InChI is InChI=1S/C14H18O3/c1-17-13(16)14(9-5-8-12(14)15)10-11-6-3-2-4-7-11/h2-4,6-7,12,15H,5,8-10H2,1H3/t12-,14-/m1/s1. The molecule has 3 nitrogen and oxygen atoms in total. The van der Waals surface area contributed by atoms with E-state index in [2.05, 4.69) is 0 Å². The first-order valence-electron chi connectivity index (χ1n) is 5.99. The summed E-state index contributed by atoms with van der Waals surface area (Å²) < 4.78 is 4.88. The second-order valence-electron chi connectivity index (χ2n) is 4.72. The van der Waals surface area contributed by atoms with Crippen LogP contribution >= 0.6 is 0 Å². The monoisotopic (exact) mass is 234 g/mol. The van der Waals surface area contributed by atoms with Crippen LogP contribution in [0.15, 0.2) is 30.3 Å². The second-order valence-corrected chi connectivity index (χ2v) is 4.72. The fourth-order valence-electron chi connectivity index (χ4n) is 2.73. The zero-order valence-electron chi connectivity index (χ0n) is 10.1. The molecule has 2 atom stereocenters. The molecular formula is C14H18O3. The van der Waals surface area contributed by atoms with Crippen LogP contribution in [0, 0.1) is 5.41 Å². The molecule has 0 radical (unpaired) electrons. The van der Waals surface area contributed by atoms with Crippen LogP contribution in [-0.4, -0.2) is 24.3 Å². The van der Waals surface area contributed by atoms with Crippen LogP contribution in [0.2, 0.25) is 0 Å². The summed E-state index contributed by atoms with van der Waals surface area (Å²) in [6.45, 7) is 0. The predicted octanol–water partition coefficient (Wildman–Crippen LogP) is 1.93. The molecule has 17 heavy (non-hydrogen) atoms. The van der Waals surface area contributed by atoms with Crippen molar-refractivity contribution in [3.05, 3.63) is 35.9 Å². The Morgan fingerprint density at radius 1 is 1.47 bits per heavy atom. The molecule has 0 spiro atoms. The van der Waals surface area contributed by atoms with Gasteiger partial charge in [0.1, 0.15) is 0 Å². The lowest BCUT2D eigenvalue weighted by atomic mass is 9.78. The minimum Gasteiger partial charge on any atom is -0.469 e. The van der Waals surface area contributed by atoms with E-state index in [0.717, 1.165) is 12.0 Å². The van der Waals surface area contributed by atoms with Crippen molar-refractivity contribution in [3.63, 3.8) is 0 Å². The first kappa shape index (κ1) is 12.1. The van der Waals surface area contributed by atoms with Gasteiger partial charge in [-0.1, -0.05) is 30.3 Å². The van der Waals surface area contributed by atoms with Gasteiger partial charge in [0.05, 0.1) is 18.6 Å². The van der Waals surface area contributed by atoms with Gasteiger partial charge in [-0.05, 0) is 31.2 Å². The van der Waals surface area contributed by atoms with Gasteiger partial charge in [0.25, 0.3) is 0 Å². The third-order valence-electron chi connectivity index (χ3n) is 3.69. The van der Waals surface area contributed by atoms with Crippen molar-refractivity contribution in [1.82, 2.24) is 0 Å². The van der Waals surface area contributed by atoms with E-state index in [9.17, 15) is 9.90 Å². The third-order valence-corrected chi connectivity index (χ3v) is 3.69. The van der Waals surface area contributed by atoms with Gasteiger partial charge in [0.2, 0.25) is 0 Å². The Morgan fingerprint density at radius 3 is 2.71 bits per heavy atom. The second kappa shape index (κ2) is 4.88. The average molecular weight is 234 g/mol. The van der Waals surface area contributed by atoms with Gasteiger partial charge in [0, 0.05) is 0 Å². The SMILES string of the molecule is COC(=O)[C@@]1(Cc2ccccc2)CCC[C@H]1O. The number of esters is 1. The lowest BCUT2D eigenvalue weighted by Crippen LogP contribution is -2.41. The number of aliphatic hydroxyl groups excluding tert-OH is 1. The molecular weight excluding hydrogens is 216 g/mol. The van der Waals surface area contributed by atoms with Crippen molar-refractivity contribution in [1.29, 1.82) is 0 Å². The zero-order chi connectivity index (χ0) is 12.3. The Morgan fingerprint density at radius 2 is 2.18 bits per heavy atom. The van der Waals surface area contributed by atoms with E-state index < -0.39 is 11.5 Å². The van der Waals surface area contributed by atoms with Gasteiger partial charge in [-0.15, -0.1) is 0 Å². The highest BCUT2D eigenvalue weighted by Gasteiger charge is 2.49. The van der Waals surface area contributed by atoms with Crippen molar-refractivity contribution in [2.75, 3.05) is 7.11 Å². The minimum atomic E-state index is -0.740. The number of methoxy groups -OCH3 is 1. The van der Waals surface area contributed by atoms with Crippen molar-refractivity contribution in [2.24, 2.45) is 5.41 Å². The van der Waals surface area contributed by atoms with Crippen LogP contribution in [0.25, 0.3) is 0 Å². The number of carbonyl (C=O) groups is 1. The molecule has 0 aliphatic heterocycles. The smallest absolute Gasteiger partial charge is 0.314 e. The van der Waals surface area contributed by atoms with Gasteiger partial charge in [0.15, 0.2) is 0 Å². The lowest BCUT2D eigenvalue weighted by molar-refractivity contribution is -0.158. The van der Waals surface area contributed by atoms with Crippen LogP contribution in [0.1, 0.15) is 24.8 Å². The van der Waals surface area contributed by atoms with Crippen LogP contribution < -0.4 is 0 Å². The maximum Gasteiger partial charge on any atom is 0.314 e. The molecule has 3 heteroatoms. The first-order valence-corrected chi connectivity index (χ1v) is 5.99. The lowest BCUT2D eigenvalue weighted by Gasteiger charge is -2.29. The van der Waals surface area contributed by atoms with Gasteiger partial charge >= 0.3 is 5.97 Å². The fraction of sp³-hybridized carbons (Fsp3) is 0.500. The normalized spacial score (nSPS) is 28.0. The molecule has 92 valence electrons. The molecule has 0 aromatic heterocycles. The first-order chi connectivity index (χ1) is 8.19. The average Bonchev–Trinajstić information content (AvgIpc) is 2.72. The third kappa shape index (κ3) is 2.20. The maximum absolute atomic E-state index is 12.0. The predicted molar refractivity (Wildman–Crippen MR) is 64.5 cm³/mol. The van der Waals surface area contributed by atoms with E-state index in [1.807, 2.05) is 30.3 Å². The number of benzene rings is 1. The molecule has 1 aromatic rings. The van der Waals surface area contributed by atoms with E-state index in [1.54, 1.807) is 0 Å². The summed E-state index contributed by atoms with van der Waals surface area (Å²) >= 11 is 0. The van der Waals surface area contributed by atoms with Crippen LogP contribution in [0.3, 0.4) is 0 Å². The summed E-state index contributed by atoms with van der Waals surface area (Å²) in [7, 11) is 1.39. The highest BCUT2D eigenvalue weighted by atomic mass is 16.5. The molecule has 2 rings (SSSR count). The summed E-state index contributed by atoms with van der Waals surface area (Å²) in [5.74, 6) is -0.286. The molecule has 1 aliphatic rings. The van der Waals surface area contributed by atoms with Gasteiger partial charge < -0.3 is 9.84 Å². The molecule has 0 saturated heterocycles. The summed E-state index contributed by atoms with van der Waals surface area (Å²) in [6, 6.07) is 9.80. The molecule has 0 bridgehead atoms. The largest absolute Gasteiger partial charge is 0.469 e. The highest BCUT2D eigenvalue weighted by Crippen LogP contribution is 2.42. The molecule has 1 N–H and O–H groups in total. The number of aliphatic hydroxyl groups is 1. The summed E-state index contributed by atoms with van der Waals surface area (Å²) in [6.07, 6.45) is 2.23. The number of ether oxygens (including phenoxy) is 1. The van der Waals surface area contributed by atoms with Crippen molar-refractivity contribution in [3.8, 4) is 0 Å². The van der Waals surface area contributed by atoms with Crippen molar-refractivity contribution < 1.29 is 14.6 Å². The van der Waals surface area contributed by atoms with Gasteiger partial charge in [-0.3, -0.25) is 4.79 Å². The van der Waals surface area contributed by atoms with Gasteiger partial charge in [-0.2, -0.15) is 0 Å². The van der Waals surface area contributed by atoms with E-state index in [4.69, 9.17) is 4.74 Å². The summed E-state index contributed by atoms with van der Waals surface area (Å²) in [5.41, 5.74) is 0.328. The molecule has 1 fully saturated rings. The van der Waals surface area contributed by atoms with E-state index in [-0.39, 0.29) is 5.97 Å². The molecule has 1 saturated carbocycles. The molecule has 1 aromatic carbocycles. The Bertz CT molecular complexity index is 388. The van der Waals surface area contributed by atoms with Crippen molar-refractivity contribution >= 4 is 5.97 Å². The van der Waals surface area contributed by atoms with E-state index in [1.165, 1.54) is 7.11 Å². The molecule has 0 unspecified atom stereocenters. The van der Waals surface area contributed by atoms with E-state index in [0.29, 0.717) is 19.3 Å². The van der Waals surface area contributed by atoms with Crippen molar-refractivity contribution in [2.45, 2.75) is 31.8 Å². The maximum atomic E-state index is 12.0. The highest BCUT2D eigenvalue weighted by molar-refractivity contribution is 5.78. The summed E-state index contributed by atoms with van der Waals surface area (Å²) in [5, 5.41) is 10.1. The Labute approximate surface area is 101 Å². The Balaban J connectivity index is 2.26. The zero-order valence-corrected chi connectivity index (χ0v) is 10.1. The molecule has 1 aliphatic carbocycles. The Hall–Kier alpha value is -1.35. The van der Waals surface area contributed by atoms with Crippen LogP contribution in [0.5, 0.6) is 0 Å². The number of rotatable bonds is 3. The van der Waals surface area contributed by atoms with E-state index >= 15 is 0 Å². The molecule has 0 heterocycles. The molecule has 0 amide bonds. The van der Waals surface area contributed by atoms with Crippen LogP contribution in [-0.2, 0) is 16.0 Å². The number of hydrogen-bond donors (Lipinski definition) is 1. The minimum absolute atomic E-state index is 0.286. The quantitative estimate of drug-likeness (QED) is 0.813. The topological polar surface area (TPSA) is 46.5 Å².